The van der Waals surface area contributed by atoms with Crippen molar-refractivity contribution in [2.24, 2.45) is 0 Å². The summed E-state index contributed by atoms with van der Waals surface area (Å²) in [4.78, 5) is 0. The molecule has 2 rings (SSSR count). The molecule has 0 N–H and O–H groups in total. The third-order valence-corrected chi connectivity index (χ3v) is 2.38. The minimum atomic E-state index is -10.7. The predicted octanol–water partition coefficient (Wildman–Crippen LogP) is 5.36. The zero-order chi connectivity index (χ0) is 17.8. The van der Waals surface area contributed by atoms with Crippen LogP contribution in [0.4, 0.5) is 25.2 Å². The predicted molar refractivity (Wildman–Crippen MR) is 74.6 cm³/mol. The molecule has 10 heteroatoms. The normalized spacial score (nSPS) is 13.9. The first kappa shape index (κ1) is 19.0. The van der Waals surface area contributed by atoms with E-state index in [1.807, 2.05) is 53.4 Å². The van der Waals surface area contributed by atoms with Crippen LogP contribution in [0, 0.1) is 0 Å². The van der Waals surface area contributed by atoms with E-state index in [0.717, 1.165) is 17.2 Å². The maximum absolute atomic E-state index is 10.7. The first-order valence-corrected chi connectivity index (χ1v) is 8.08. The zero-order valence-corrected chi connectivity index (χ0v) is 13.0. The SMILES string of the molecule is COc1ccc(-[n+]2ccccc2)cc1OC.F[P-](F)(F)(F)(F)F. The van der Waals surface area contributed by atoms with Gasteiger partial charge in [-0.1, -0.05) is 6.07 Å². The maximum atomic E-state index is 9.87. The molecule has 3 nitrogen and oxygen atoms in total. The third-order valence-electron chi connectivity index (χ3n) is 2.38. The van der Waals surface area contributed by atoms with Gasteiger partial charge in [0.05, 0.1) is 20.3 Å². The van der Waals surface area contributed by atoms with Crippen LogP contribution in [0.15, 0.2) is 48.8 Å². The Labute approximate surface area is 128 Å². The Kier molecular flexibility index (Phi) is 4.87. The molecular formula is C13H14F6NO2P. The van der Waals surface area contributed by atoms with Crippen molar-refractivity contribution in [2.75, 3.05) is 14.2 Å². The van der Waals surface area contributed by atoms with Crippen LogP contribution in [0.5, 0.6) is 11.5 Å². The molecular weight excluding hydrogens is 347 g/mol. The molecule has 0 aliphatic rings. The van der Waals surface area contributed by atoms with Gasteiger partial charge in [-0.15, -0.1) is 0 Å². The summed E-state index contributed by atoms with van der Waals surface area (Å²) in [7, 11) is -7.39. The van der Waals surface area contributed by atoms with E-state index < -0.39 is 7.81 Å². The van der Waals surface area contributed by atoms with Gasteiger partial charge in [0.15, 0.2) is 23.9 Å². The molecule has 0 radical (unpaired) electrons. The van der Waals surface area contributed by atoms with Crippen LogP contribution in [-0.4, -0.2) is 14.2 Å². The summed E-state index contributed by atoms with van der Waals surface area (Å²) in [6, 6.07) is 11.8. The van der Waals surface area contributed by atoms with E-state index in [4.69, 9.17) is 9.47 Å². The Morgan fingerprint density at radius 1 is 0.783 bits per heavy atom. The van der Waals surface area contributed by atoms with E-state index in [9.17, 15) is 25.2 Å². The van der Waals surface area contributed by atoms with Crippen molar-refractivity contribution in [2.45, 2.75) is 0 Å². The van der Waals surface area contributed by atoms with Crippen LogP contribution in [0.25, 0.3) is 5.69 Å². The van der Waals surface area contributed by atoms with Crippen molar-refractivity contribution in [3.63, 3.8) is 0 Å². The van der Waals surface area contributed by atoms with Crippen molar-refractivity contribution in [1.29, 1.82) is 0 Å². The fraction of sp³-hybridized carbons (Fsp3) is 0.154. The zero-order valence-electron chi connectivity index (χ0n) is 12.1. The molecule has 0 bridgehead atoms. The van der Waals surface area contributed by atoms with E-state index >= 15 is 0 Å². The first-order chi connectivity index (χ1) is 10.3. The molecule has 1 aromatic carbocycles. The number of ether oxygens (including phenoxy) is 2. The fourth-order valence-corrected chi connectivity index (χ4v) is 1.56. The molecule has 0 atom stereocenters. The number of hydrogen-bond donors (Lipinski definition) is 0. The van der Waals surface area contributed by atoms with Gasteiger partial charge in [-0.3, -0.25) is 0 Å². The average Bonchev–Trinajstić information content (AvgIpc) is 2.44. The molecule has 0 aliphatic heterocycles. The van der Waals surface area contributed by atoms with Crippen molar-refractivity contribution in [3.8, 4) is 17.2 Å². The minimum absolute atomic E-state index is 0.733. The average molecular weight is 361 g/mol. The molecule has 0 fully saturated rings. The Bertz CT molecular complexity index is 650. The standard InChI is InChI=1S/C13H14NO2.F6P/c1-15-12-7-6-11(10-13(12)16-2)14-8-4-3-5-9-14;1-7(2,3,4,5)6/h3-10H,1-2H3;/q+1;-1. The molecule has 23 heavy (non-hydrogen) atoms. The van der Waals surface area contributed by atoms with Crippen molar-refractivity contribution in [1.82, 2.24) is 0 Å². The monoisotopic (exact) mass is 361 g/mol. The second kappa shape index (κ2) is 5.88. The van der Waals surface area contributed by atoms with E-state index in [1.165, 1.54) is 0 Å². The molecule has 0 saturated carbocycles. The van der Waals surface area contributed by atoms with Crippen LogP contribution in [0.2, 0.25) is 0 Å². The van der Waals surface area contributed by atoms with Crippen molar-refractivity contribution >= 4 is 7.81 Å². The van der Waals surface area contributed by atoms with E-state index in [1.54, 1.807) is 14.2 Å². The second-order valence-electron chi connectivity index (χ2n) is 4.28. The van der Waals surface area contributed by atoms with Gasteiger partial charge >= 0.3 is 33.0 Å². The fourth-order valence-electron chi connectivity index (χ4n) is 1.56. The Morgan fingerprint density at radius 2 is 1.26 bits per heavy atom. The van der Waals surface area contributed by atoms with E-state index in [2.05, 4.69) is 0 Å². The Hall–Kier alpha value is -2.02. The number of benzene rings is 1. The van der Waals surface area contributed by atoms with Gasteiger partial charge in [0.2, 0.25) is 5.69 Å². The third kappa shape index (κ3) is 8.87. The molecule has 2 aromatic rings. The molecule has 1 heterocycles. The molecule has 130 valence electrons. The van der Waals surface area contributed by atoms with Crippen LogP contribution in [0.1, 0.15) is 0 Å². The summed E-state index contributed by atoms with van der Waals surface area (Å²) >= 11 is 0. The van der Waals surface area contributed by atoms with Gasteiger partial charge in [-0.2, -0.15) is 4.57 Å². The number of aromatic nitrogens is 1. The topological polar surface area (TPSA) is 22.3 Å². The Morgan fingerprint density at radius 3 is 1.70 bits per heavy atom. The molecule has 0 aliphatic carbocycles. The summed E-state index contributed by atoms with van der Waals surface area (Å²) < 4.78 is 71.7. The first-order valence-electron chi connectivity index (χ1n) is 6.05. The van der Waals surface area contributed by atoms with E-state index in [0.29, 0.717) is 0 Å². The van der Waals surface area contributed by atoms with E-state index in [-0.39, 0.29) is 0 Å². The molecule has 0 unspecified atom stereocenters. The van der Waals surface area contributed by atoms with Crippen LogP contribution in [-0.2, 0) is 0 Å². The summed E-state index contributed by atoms with van der Waals surface area (Å²) in [5.74, 6) is 1.47. The molecule has 0 amide bonds. The van der Waals surface area contributed by atoms with Gasteiger partial charge in [0, 0.05) is 18.2 Å². The second-order valence-corrected chi connectivity index (χ2v) is 6.20. The summed E-state index contributed by atoms with van der Waals surface area (Å²) in [5, 5.41) is 0. The summed E-state index contributed by atoms with van der Waals surface area (Å²) in [5.41, 5.74) is 1.04. The Balaban J connectivity index is 0.000000322. The number of pyridine rings is 1. The van der Waals surface area contributed by atoms with Gasteiger partial charge in [0.1, 0.15) is 0 Å². The van der Waals surface area contributed by atoms with Crippen LogP contribution in [0.3, 0.4) is 0 Å². The number of nitrogens with zero attached hydrogens (tertiary/aromatic N) is 1. The molecule has 1 aromatic heterocycles. The summed E-state index contributed by atoms with van der Waals surface area (Å²) in [6.45, 7) is 0. The van der Waals surface area contributed by atoms with Crippen LogP contribution < -0.4 is 14.0 Å². The number of methoxy groups -OCH3 is 2. The molecule has 0 spiro atoms. The van der Waals surface area contributed by atoms with Gasteiger partial charge < -0.3 is 9.47 Å². The quantitative estimate of drug-likeness (QED) is 0.417. The summed E-state index contributed by atoms with van der Waals surface area (Å²) in [6.07, 6.45) is 3.97. The van der Waals surface area contributed by atoms with Gasteiger partial charge in [-0.25, -0.2) is 0 Å². The van der Waals surface area contributed by atoms with Gasteiger partial charge in [0.25, 0.3) is 0 Å². The molecule has 0 saturated heterocycles. The van der Waals surface area contributed by atoms with Crippen molar-refractivity contribution in [3.05, 3.63) is 48.8 Å². The van der Waals surface area contributed by atoms with Crippen LogP contribution >= 0.6 is 7.81 Å². The number of rotatable bonds is 3. The number of halogens is 6. The number of hydrogen-bond acceptors (Lipinski definition) is 2. The van der Waals surface area contributed by atoms with Gasteiger partial charge in [-0.05, 0) is 6.07 Å². The van der Waals surface area contributed by atoms with Crippen molar-refractivity contribution < 1.29 is 39.2 Å².